The molecule has 3 saturated heterocycles. The summed E-state index contributed by atoms with van der Waals surface area (Å²) >= 11 is 0. The molecule has 0 radical (unpaired) electrons. The first kappa shape index (κ1) is 20.2. The van der Waals surface area contributed by atoms with E-state index in [0.29, 0.717) is 24.1 Å². The summed E-state index contributed by atoms with van der Waals surface area (Å²) in [4.78, 5) is 28.9. The van der Waals surface area contributed by atoms with Gasteiger partial charge in [0.15, 0.2) is 0 Å². The van der Waals surface area contributed by atoms with E-state index in [1.54, 1.807) is 12.1 Å². The number of unbranched alkanes of at least 4 members (excludes halogenated alkanes) is 1. The van der Waals surface area contributed by atoms with E-state index in [9.17, 15) is 20.0 Å². The SMILES string of the molecule is CCCC[C@]12CC[C@](CCO)(O1)[C@@H]1C(=O)N(c3ccc(C#N)c4ccccc34)C(=O)[C@@H]12. The molecular weight excluding hydrogens is 392 g/mol. The molecule has 3 aliphatic rings. The van der Waals surface area contributed by atoms with E-state index in [1.807, 2.05) is 24.3 Å². The van der Waals surface area contributed by atoms with Crippen molar-refractivity contribution in [3.8, 4) is 6.07 Å². The fraction of sp³-hybridized carbons (Fsp3) is 0.480. The summed E-state index contributed by atoms with van der Waals surface area (Å²) in [5, 5.41) is 20.7. The Hall–Kier alpha value is -2.75. The van der Waals surface area contributed by atoms with Crippen LogP contribution in [0.2, 0.25) is 0 Å². The van der Waals surface area contributed by atoms with Crippen molar-refractivity contribution < 1.29 is 19.4 Å². The van der Waals surface area contributed by atoms with Crippen molar-refractivity contribution in [2.24, 2.45) is 11.8 Å². The minimum atomic E-state index is -0.767. The molecule has 2 bridgehead atoms. The number of anilines is 1. The van der Waals surface area contributed by atoms with Crippen molar-refractivity contribution in [2.75, 3.05) is 11.5 Å². The van der Waals surface area contributed by atoms with Crippen LogP contribution in [0.1, 0.15) is 51.0 Å². The van der Waals surface area contributed by atoms with Gasteiger partial charge in [0, 0.05) is 23.8 Å². The smallest absolute Gasteiger partial charge is 0.240 e. The zero-order valence-corrected chi connectivity index (χ0v) is 17.6. The van der Waals surface area contributed by atoms with Gasteiger partial charge in [-0.3, -0.25) is 9.59 Å². The van der Waals surface area contributed by atoms with Crippen molar-refractivity contribution in [3.05, 3.63) is 42.0 Å². The number of amides is 2. The first-order chi connectivity index (χ1) is 15.0. The highest BCUT2D eigenvalue weighted by molar-refractivity contribution is 6.26. The molecule has 2 aromatic carbocycles. The minimum absolute atomic E-state index is 0.0751. The van der Waals surface area contributed by atoms with Gasteiger partial charge in [-0.2, -0.15) is 5.26 Å². The van der Waals surface area contributed by atoms with Crippen LogP contribution in [0.4, 0.5) is 5.69 Å². The predicted molar refractivity (Wildman–Crippen MR) is 115 cm³/mol. The summed E-state index contributed by atoms with van der Waals surface area (Å²) in [5.74, 6) is -1.52. The molecule has 3 heterocycles. The molecule has 2 aromatic rings. The number of aliphatic hydroxyl groups excluding tert-OH is 1. The molecule has 31 heavy (non-hydrogen) atoms. The number of ether oxygens (including phenoxy) is 1. The number of nitrogens with zero attached hydrogens (tertiary/aromatic N) is 2. The number of aliphatic hydroxyl groups is 1. The Labute approximate surface area is 181 Å². The van der Waals surface area contributed by atoms with Gasteiger partial charge < -0.3 is 9.84 Å². The van der Waals surface area contributed by atoms with Crippen LogP contribution in [0, 0.1) is 23.2 Å². The average molecular weight is 418 g/mol. The largest absolute Gasteiger partial charge is 0.396 e. The highest BCUT2D eigenvalue weighted by Crippen LogP contribution is 2.64. The number of carbonyl (C=O) groups excluding carboxylic acids is 2. The molecule has 3 fully saturated rings. The van der Waals surface area contributed by atoms with Crippen molar-refractivity contribution in [1.82, 2.24) is 0 Å². The molecule has 4 atom stereocenters. The van der Waals surface area contributed by atoms with Crippen LogP contribution in [-0.4, -0.2) is 34.7 Å². The number of hydrogen-bond acceptors (Lipinski definition) is 5. The zero-order chi connectivity index (χ0) is 21.8. The molecule has 2 amide bonds. The lowest BCUT2D eigenvalue weighted by molar-refractivity contribution is -0.132. The van der Waals surface area contributed by atoms with E-state index < -0.39 is 23.0 Å². The minimum Gasteiger partial charge on any atom is -0.396 e. The zero-order valence-electron chi connectivity index (χ0n) is 17.6. The Kier molecular flexibility index (Phi) is 4.65. The van der Waals surface area contributed by atoms with Gasteiger partial charge in [0.25, 0.3) is 0 Å². The number of carbonyl (C=O) groups is 2. The molecule has 0 saturated carbocycles. The van der Waals surface area contributed by atoms with Gasteiger partial charge >= 0.3 is 0 Å². The highest BCUT2D eigenvalue weighted by Gasteiger charge is 2.74. The standard InChI is InChI=1S/C25H26N2O4/c1-2-3-10-24-11-12-25(31-24,13-14-28)21-20(24)22(29)27(23(21)30)19-9-8-16(15-26)17-6-4-5-7-18(17)19/h4-9,20-21,28H,2-3,10-14H2,1H3/t20-,21+,24-,25-/m1/s1. The maximum atomic E-state index is 13.8. The van der Waals surface area contributed by atoms with Crippen LogP contribution in [0.25, 0.3) is 10.8 Å². The van der Waals surface area contributed by atoms with Crippen LogP contribution in [0.3, 0.4) is 0 Å². The van der Waals surface area contributed by atoms with Crippen LogP contribution in [0.15, 0.2) is 36.4 Å². The number of fused-ring (bicyclic) bond motifs is 6. The molecule has 3 aliphatic heterocycles. The summed E-state index contributed by atoms with van der Waals surface area (Å²) in [6, 6.07) is 13.0. The second kappa shape index (κ2) is 7.15. The van der Waals surface area contributed by atoms with E-state index in [0.717, 1.165) is 36.5 Å². The number of hydrogen-bond donors (Lipinski definition) is 1. The van der Waals surface area contributed by atoms with Crippen LogP contribution in [-0.2, 0) is 14.3 Å². The average Bonchev–Trinajstić information content (AvgIpc) is 3.38. The number of rotatable bonds is 6. The summed E-state index contributed by atoms with van der Waals surface area (Å²) in [6.45, 7) is 2.03. The van der Waals surface area contributed by atoms with Crippen LogP contribution in [0.5, 0.6) is 0 Å². The van der Waals surface area contributed by atoms with Gasteiger partial charge in [0.05, 0.1) is 40.4 Å². The molecule has 160 valence electrons. The van der Waals surface area contributed by atoms with Gasteiger partial charge in [-0.15, -0.1) is 0 Å². The molecule has 1 N–H and O–H groups in total. The van der Waals surface area contributed by atoms with Gasteiger partial charge in [0.1, 0.15) is 0 Å². The Morgan fingerprint density at radius 1 is 1.06 bits per heavy atom. The summed E-state index contributed by atoms with van der Waals surface area (Å²) in [6.07, 6.45) is 4.47. The highest BCUT2D eigenvalue weighted by atomic mass is 16.5. The maximum absolute atomic E-state index is 13.8. The van der Waals surface area contributed by atoms with E-state index >= 15 is 0 Å². The first-order valence-electron chi connectivity index (χ1n) is 11.1. The van der Waals surface area contributed by atoms with Crippen molar-refractivity contribution in [1.29, 1.82) is 5.26 Å². The van der Waals surface area contributed by atoms with Gasteiger partial charge in [-0.25, -0.2) is 4.90 Å². The number of imide groups is 1. The Morgan fingerprint density at radius 2 is 1.71 bits per heavy atom. The lowest BCUT2D eigenvalue weighted by Crippen LogP contribution is -2.43. The lowest BCUT2D eigenvalue weighted by atomic mass is 9.65. The summed E-state index contributed by atoms with van der Waals surface area (Å²) in [7, 11) is 0. The van der Waals surface area contributed by atoms with Crippen LogP contribution >= 0.6 is 0 Å². The third kappa shape index (κ3) is 2.63. The van der Waals surface area contributed by atoms with Crippen LogP contribution < -0.4 is 4.90 Å². The summed E-state index contributed by atoms with van der Waals surface area (Å²) < 4.78 is 6.53. The second-order valence-corrected chi connectivity index (χ2v) is 9.07. The van der Waals surface area contributed by atoms with Crippen molar-refractivity contribution >= 4 is 28.3 Å². The van der Waals surface area contributed by atoms with Crippen molar-refractivity contribution in [3.63, 3.8) is 0 Å². The summed E-state index contributed by atoms with van der Waals surface area (Å²) in [5.41, 5.74) is -0.349. The first-order valence-corrected chi connectivity index (χ1v) is 11.1. The lowest BCUT2D eigenvalue weighted by Gasteiger charge is -2.31. The van der Waals surface area contributed by atoms with E-state index in [2.05, 4.69) is 13.0 Å². The molecule has 6 heteroatoms. The van der Waals surface area contributed by atoms with Gasteiger partial charge in [-0.1, -0.05) is 44.0 Å². The molecule has 0 spiro atoms. The molecule has 0 unspecified atom stereocenters. The second-order valence-electron chi connectivity index (χ2n) is 9.07. The topological polar surface area (TPSA) is 90.6 Å². The van der Waals surface area contributed by atoms with Crippen molar-refractivity contribution in [2.45, 2.75) is 56.7 Å². The molecule has 0 aromatic heterocycles. The maximum Gasteiger partial charge on any atom is 0.240 e. The third-order valence-electron chi connectivity index (χ3n) is 7.57. The number of nitriles is 1. The quantitative estimate of drug-likeness (QED) is 0.723. The number of benzene rings is 2. The predicted octanol–water partition coefficient (Wildman–Crippen LogP) is 3.69. The Bertz CT molecular complexity index is 1120. The van der Waals surface area contributed by atoms with Gasteiger partial charge in [-0.05, 0) is 31.4 Å². The molecule has 6 nitrogen and oxygen atoms in total. The molecule has 0 aliphatic carbocycles. The fourth-order valence-corrected chi connectivity index (χ4v) is 6.24. The van der Waals surface area contributed by atoms with E-state index in [1.165, 1.54) is 4.90 Å². The van der Waals surface area contributed by atoms with E-state index in [4.69, 9.17) is 4.74 Å². The Morgan fingerprint density at radius 3 is 2.32 bits per heavy atom. The molecule has 5 rings (SSSR count). The van der Waals surface area contributed by atoms with E-state index in [-0.39, 0.29) is 18.4 Å². The monoisotopic (exact) mass is 418 g/mol. The third-order valence-corrected chi connectivity index (χ3v) is 7.57. The normalized spacial score (nSPS) is 31.5. The van der Waals surface area contributed by atoms with Gasteiger partial charge in [0.2, 0.25) is 11.8 Å². The molecular formula is C25H26N2O4. The Balaban J connectivity index is 1.64. The fourth-order valence-electron chi connectivity index (χ4n) is 6.24.